The number of rotatable bonds is 2. The molecule has 50 valence electrons. The Morgan fingerprint density at radius 1 is 1.56 bits per heavy atom. The summed E-state index contributed by atoms with van der Waals surface area (Å²) < 4.78 is 12.0. The van der Waals surface area contributed by atoms with E-state index in [4.69, 9.17) is 11.1 Å². The van der Waals surface area contributed by atoms with Crippen LogP contribution in [0.25, 0.3) is 0 Å². The first kappa shape index (κ1) is 7.88. The molecule has 0 amide bonds. The fourth-order valence-corrected chi connectivity index (χ4v) is 0.259. The highest BCUT2D eigenvalue weighted by Gasteiger charge is 1.81. The predicted molar refractivity (Wildman–Crippen MR) is 35.9 cm³/mol. The van der Waals surface area contributed by atoms with E-state index in [1.807, 2.05) is 0 Å². The van der Waals surface area contributed by atoms with Gasteiger partial charge in [0, 0.05) is 5.70 Å². The molecule has 0 aromatic rings. The molecule has 0 aliphatic rings. The molecule has 0 bridgehead atoms. The summed E-state index contributed by atoms with van der Waals surface area (Å²) in [6.45, 7) is 1.65. The van der Waals surface area contributed by atoms with Crippen molar-refractivity contribution in [2.24, 2.45) is 5.73 Å². The summed E-state index contributed by atoms with van der Waals surface area (Å²) >= 11 is 0. The molecular formula is C6H9FN2. The smallest absolute Gasteiger partial charge is 0.140 e. The van der Waals surface area contributed by atoms with E-state index >= 15 is 0 Å². The number of nitrogens with two attached hydrogens (primary N) is 1. The molecule has 0 aliphatic carbocycles. The van der Waals surface area contributed by atoms with Gasteiger partial charge in [-0.15, -0.1) is 0 Å². The highest BCUT2D eigenvalue weighted by atomic mass is 19.1. The van der Waals surface area contributed by atoms with Gasteiger partial charge in [0.05, 0.1) is 6.21 Å². The van der Waals surface area contributed by atoms with Crippen LogP contribution in [0.4, 0.5) is 4.39 Å². The van der Waals surface area contributed by atoms with Crippen molar-refractivity contribution in [1.29, 1.82) is 5.41 Å². The van der Waals surface area contributed by atoms with Crippen molar-refractivity contribution in [3.8, 4) is 0 Å². The first-order chi connectivity index (χ1) is 4.16. The Labute approximate surface area is 53.4 Å². The lowest BCUT2D eigenvalue weighted by molar-refractivity contribution is 0.685. The topological polar surface area (TPSA) is 49.9 Å². The first-order valence-corrected chi connectivity index (χ1v) is 2.47. The zero-order valence-corrected chi connectivity index (χ0v) is 5.19. The van der Waals surface area contributed by atoms with Crippen LogP contribution in [0.3, 0.4) is 0 Å². The molecule has 0 heterocycles. The molecule has 2 nitrogen and oxygen atoms in total. The molecule has 0 unspecified atom stereocenters. The third-order valence-corrected chi connectivity index (χ3v) is 0.643. The summed E-state index contributed by atoms with van der Waals surface area (Å²) in [5, 5.41) is 6.41. The molecule has 0 aromatic heterocycles. The molecule has 0 saturated heterocycles. The second-order valence-electron chi connectivity index (χ2n) is 1.61. The minimum Gasteiger partial charge on any atom is -0.402 e. The number of allylic oxidation sites excluding steroid dienone is 4. The molecular weight excluding hydrogens is 119 g/mol. The van der Waals surface area contributed by atoms with Crippen LogP contribution in [-0.2, 0) is 0 Å². The van der Waals surface area contributed by atoms with Gasteiger partial charge in [-0.25, -0.2) is 4.39 Å². The van der Waals surface area contributed by atoms with Crippen molar-refractivity contribution >= 4 is 6.21 Å². The SMILES string of the molecule is C/C(N)=C\C=C(\F)C=N. The fraction of sp³-hybridized carbons (Fsp3) is 0.167. The monoisotopic (exact) mass is 128 g/mol. The van der Waals surface area contributed by atoms with Crippen LogP contribution in [0, 0.1) is 5.41 Å². The van der Waals surface area contributed by atoms with Gasteiger partial charge in [0.1, 0.15) is 5.83 Å². The third-order valence-electron chi connectivity index (χ3n) is 0.643. The van der Waals surface area contributed by atoms with Crippen LogP contribution in [0.1, 0.15) is 6.92 Å². The number of halogens is 1. The Kier molecular flexibility index (Phi) is 3.35. The molecule has 3 heteroatoms. The molecule has 0 radical (unpaired) electrons. The minimum atomic E-state index is -0.597. The molecule has 0 aromatic carbocycles. The lowest BCUT2D eigenvalue weighted by atomic mass is 10.4. The van der Waals surface area contributed by atoms with E-state index in [0.717, 1.165) is 6.08 Å². The zero-order chi connectivity index (χ0) is 7.28. The van der Waals surface area contributed by atoms with Crippen LogP contribution in [-0.4, -0.2) is 6.21 Å². The second kappa shape index (κ2) is 3.83. The molecule has 0 spiro atoms. The molecule has 9 heavy (non-hydrogen) atoms. The third kappa shape index (κ3) is 4.74. The van der Waals surface area contributed by atoms with Gasteiger partial charge in [0.25, 0.3) is 0 Å². The summed E-state index contributed by atoms with van der Waals surface area (Å²) in [6.07, 6.45) is 3.17. The maximum atomic E-state index is 12.0. The van der Waals surface area contributed by atoms with Crippen LogP contribution in [0.5, 0.6) is 0 Å². The fourth-order valence-electron chi connectivity index (χ4n) is 0.259. The first-order valence-electron chi connectivity index (χ1n) is 2.47. The molecule has 0 fully saturated rings. The number of hydrogen-bond acceptors (Lipinski definition) is 2. The van der Waals surface area contributed by atoms with E-state index in [0.29, 0.717) is 11.9 Å². The maximum Gasteiger partial charge on any atom is 0.140 e. The summed E-state index contributed by atoms with van der Waals surface area (Å²) in [6, 6.07) is 0. The molecule has 0 saturated carbocycles. The lowest BCUT2D eigenvalue weighted by Gasteiger charge is -1.83. The average Bonchev–Trinajstić information content (AvgIpc) is 1.83. The number of hydrogen-bond donors (Lipinski definition) is 2. The van der Waals surface area contributed by atoms with Gasteiger partial charge < -0.3 is 11.1 Å². The van der Waals surface area contributed by atoms with E-state index < -0.39 is 5.83 Å². The quantitative estimate of drug-likeness (QED) is 0.428. The summed E-state index contributed by atoms with van der Waals surface area (Å²) in [5.74, 6) is -0.597. The lowest BCUT2D eigenvalue weighted by Crippen LogP contribution is -1.88. The number of nitrogens with one attached hydrogen (secondary N) is 1. The Morgan fingerprint density at radius 3 is 2.44 bits per heavy atom. The summed E-state index contributed by atoms with van der Waals surface area (Å²) in [7, 11) is 0. The van der Waals surface area contributed by atoms with Crippen molar-refractivity contribution in [2.75, 3.05) is 0 Å². The van der Waals surface area contributed by atoms with E-state index in [-0.39, 0.29) is 0 Å². The molecule has 0 rings (SSSR count). The average molecular weight is 128 g/mol. The largest absolute Gasteiger partial charge is 0.402 e. The Morgan fingerprint density at radius 2 is 2.11 bits per heavy atom. The van der Waals surface area contributed by atoms with Crippen LogP contribution >= 0.6 is 0 Å². The van der Waals surface area contributed by atoms with Crippen LogP contribution in [0.2, 0.25) is 0 Å². The molecule has 0 atom stereocenters. The van der Waals surface area contributed by atoms with Gasteiger partial charge in [-0.1, -0.05) is 0 Å². The Bertz CT molecular complexity index is 154. The van der Waals surface area contributed by atoms with E-state index in [1.54, 1.807) is 6.92 Å². The van der Waals surface area contributed by atoms with Gasteiger partial charge in [-0.2, -0.15) is 0 Å². The van der Waals surface area contributed by atoms with Crippen molar-refractivity contribution in [1.82, 2.24) is 0 Å². The van der Waals surface area contributed by atoms with Crippen molar-refractivity contribution < 1.29 is 4.39 Å². The predicted octanol–water partition coefficient (Wildman–Crippen LogP) is 1.35. The van der Waals surface area contributed by atoms with Gasteiger partial charge in [0.15, 0.2) is 0 Å². The summed E-state index contributed by atoms with van der Waals surface area (Å²) in [4.78, 5) is 0. The Balaban J connectivity index is 3.98. The highest BCUT2D eigenvalue weighted by molar-refractivity contribution is 5.72. The van der Waals surface area contributed by atoms with Gasteiger partial charge >= 0.3 is 0 Å². The Hall–Kier alpha value is -1.12. The van der Waals surface area contributed by atoms with Crippen LogP contribution < -0.4 is 5.73 Å². The van der Waals surface area contributed by atoms with Gasteiger partial charge in [0.2, 0.25) is 0 Å². The van der Waals surface area contributed by atoms with Crippen molar-refractivity contribution in [2.45, 2.75) is 6.92 Å². The van der Waals surface area contributed by atoms with Crippen molar-refractivity contribution in [3.63, 3.8) is 0 Å². The summed E-state index contributed by atoms with van der Waals surface area (Å²) in [5.41, 5.74) is 5.69. The standard InChI is InChI=1S/C6H9FN2/c1-5(9)2-3-6(7)4-8/h2-4,8H,9H2,1H3/b5-2+,6-3+,8-4?. The zero-order valence-electron chi connectivity index (χ0n) is 5.19. The normalized spacial score (nSPS) is 13.6. The highest BCUT2D eigenvalue weighted by Crippen LogP contribution is 1.91. The minimum absolute atomic E-state index is 0.520. The molecule has 0 aliphatic heterocycles. The van der Waals surface area contributed by atoms with Crippen LogP contribution in [0.15, 0.2) is 23.7 Å². The maximum absolute atomic E-state index is 12.0. The molecule has 3 N–H and O–H groups in total. The van der Waals surface area contributed by atoms with Crippen molar-refractivity contribution in [3.05, 3.63) is 23.7 Å². The van der Waals surface area contributed by atoms with Gasteiger partial charge in [-0.05, 0) is 19.1 Å². The van der Waals surface area contributed by atoms with E-state index in [2.05, 4.69) is 0 Å². The van der Waals surface area contributed by atoms with E-state index in [1.165, 1.54) is 6.08 Å². The second-order valence-corrected chi connectivity index (χ2v) is 1.61. The van der Waals surface area contributed by atoms with E-state index in [9.17, 15) is 4.39 Å². The van der Waals surface area contributed by atoms with Gasteiger partial charge in [-0.3, -0.25) is 0 Å².